The molecule has 2 unspecified atom stereocenters. The van der Waals surface area contributed by atoms with Crippen LogP contribution in [0.25, 0.3) is 0 Å². The fraction of sp³-hybridized carbons (Fsp3) is 0.917. The smallest absolute Gasteiger partial charge is 0.239 e. The van der Waals surface area contributed by atoms with E-state index in [2.05, 4.69) is 10.2 Å². The topological polar surface area (TPSA) is 32.3 Å². The summed E-state index contributed by atoms with van der Waals surface area (Å²) in [6.07, 6.45) is 3.54. The molecule has 0 aromatic heterocycles. The monoisotopic (exact) mass is 272 g/mol. The van der Waals surface area contributed by atoms with Crippen LogP contribution >= 0.6 is 23.5 Å². The van der Waals surface area contributed by atoms with Crippen molar-refractivity contribution in [1.29, 1.82) is 0 Å². The third-order valence-electron chi connectivity index (χ3n) is 3.62. The van der Waals surface area contributed by atoms with Crippen molar-refractivity contribution < 1.29 is 4.79 Å². The Morgan fingerprint density at radius 3 is 2.88 bits per heavy atom. The van der Waals surface area contributed by atoms with Crippen molar-refractivity contribution >= 4 is 29.4 Å². The summed E-state index contributed by atoms with van der Waals surface area (Å²) in [6.45, 7) is 1.93. The van der Waals surface area contributed by atoms with Crippen LogP contribution in [0.1, 0.15) is 19.3 Å². The lowest BCUT2D eigenvalue weighted by atomic mass is 10.2. The first-order chi connectivity index (χ1) is 8.33. The average molecular weight is 272 g/mol. The highest BCUT2D eigenvalue weighted by Gasteiger charge is 2.36. The molecule has 0 bridgehead atoms. The molecule has 1 saturated carbocycles. The second-order valence-electron chi connectivity index (χ2n) is 5.13. The molecular weight excluding hydrogens is 252 g/mol. The standard InChI is InChI=1S/C12H20N2OS2/c15-12-11(13-9-1-2-9)3-4-14(12)7-10-8-16-5-6-17-10/h9-11,13H,1-8H2. The Bertz CT molecular complexity index is 290. The highest BCUT2D eigenvalue weighted by atomic mass is 32.2. The number of thioether (sulfide) groups is 2. The van der Waals surface area contributed by atoms with Gasteiger partial charge in [-0.3, -0.25) is 4.79 Å². The zero-order chi connectivity index (χ0) is 11.7. The Morgan fingerprint density at radius 2 is 2.18 bits per heavy atom. The molecule has 3 fully saturated rings. The van der Waals surface area contributed by atoms with Gasteiger partial charge in [0, 0.05) is 41.6 Å². The molecule has 5 heteroatoms. The summed E-state index contributed by atoms with van der Waals surface area (Å²) < 4.78 is 0. The zero-order valence-electron chi connectivity index (χ0n) is 10.1. The second-order valence-corrected chi connectivity index (χ2v) is 7.69. The quantitative estimate of drug-likeness (QED) is 0.833. The summed E-state index contributed by atoms with van der Waals surface area (Å²) in [5.74, 6) is 4.10. The number of amides is 1. The Labute approximate surface area is 111 Å². The van der Waals surface area contributed by atoms with Gasteiger partial charge >= 0.3 is 0 Å². The predicted octanol–water partition coefficient (Wildman–Crippen LogP) is 1.19. The minimum Gasteiger partial charge on any atom is -0.340 e. The van der Waals surface area contributed by atoms with Crippen LogP contribution in [0.5, 0.6) is 0 Å². The van der Waals surface area contributed by atoms with Crippen LogP contribution in [0.15, 0.2) is 0 Å². The van der Waals surface area contributed by atoms with Gasteiger partial charge in [0.05, 0.1) is 6.04 Å². The van der Waals surface area contributed by atoms with Gasteiger partial charge in [-0.15, -0.1) is 0 Å². The second kappa shape index (κ2) is 5.41. The SMILES string of the molecule is O=C1C(NC2CC2)CCN1CC1CSCCS1. The van der Waals surface area contributed by atoms with Crippen molar-refractivity contribution in [3.05, 3.63) is 0 Å². The van der Waals surface area contributed by atoms with Gasteiger partial charge in [0.25, 0.3) is 0 Å². The van der Waals surface area contributed by atoms with Gasteiger partial charge in [0.2, 0.25) is 5.91 Å². The van der Waals surface area contributed by atoms with Crippen molar-refractivity contribution in [3.8, 4) is 0 Å². The van der Waals surface area contributed by atoms with Gasteiger partial charge < -0.3 is 10.2 Å². The first-order valence-corrected chi connectivity index (χ1v) is 8.77. The van der Waals surface area contributed by atoms with Crippen molar-refractivity contribution in [1.82, 2.24) is 10.2 Å². The Balaban J connectivity index is 1.48. The molecular formula is C12H20N2OS2. The van der Waals surface area contributed by atoms with E-state index in [0.29, 0.717) is 17.2 Å². The minimum absolute atomic E-state index is 0.128. The van der Waals surface area contributed by atoms with E-state index < -0.39 is 0 Å². The fourth-order valence-corrected chi connectivity index (χ4v) is 5.18. The van der Waals surface area contributed by atoms with Crippen molar-refractivity contribution in [2.75, 3.05) is 30.3 Å². The first kappa shape index (κ1) is 12.2. The van der Waals surface area contributed by atoms with E-state index in [-0.39, 0.29) is 6.04 Å². The van der Waals surface area contributed by atoms with E-state index in [0.717, 1.165) is 19.5 Å². The van der Waals surface area contributed by atoms with Gasteiger partial charge in [-0.1, -0.05) is 0 Å². The maximum absolute atomic E-state index is 12.2. The zero-order valence-corrected chi connectivity index (χ0v) is 11.7. The summed E-state index contributed by atoms with van der Waals surface area (Å²) in [7, 11) is 0. The normalized spacial score (nSPS) is 34.4. The molecule has 2 heterocycles. The number of carbonyl (C=O) groups is 1. The van der Waals surface area contributed by atoms with Crippen LogP contribution in [-0.4, -0.2) is 58.5 Å². The van der Waals surface area contributed by atoms with Crippen molar-refractivity contribution in [3.63, 3.8) is 0 Å². The highest BCUT2D eigenvalue weighted by molar-refractivity contribution is 8.06. The Hall–Kier alpha value is 0.130. The molecule has 2 aliphatic heterocycles. The van der Waals surface area contributed by atoms with Crippen molar-refractivity contribution in [2.45, 2.75) is 36.6 Å². The highest BCUT2D eigenvalue weighted by Crippen LogP contribution is 2.27. The van der Waals surface area contributed by atoms with E-state index in [1.54, 1.807) is 0 Å². The summed E-state index contributed by atoms with van der Waals surface area (Å²) in [5.41, 5.74) is 0. The van der Waals surface area contributed by atoms with E-state index in [9.17, 15) is 4.79 Å². The maximum atomic E-state index is 12.2. The molecule has 1 N–H and O–H groups in total. The number of nitrogens with zero attached hydrogens (tertiary/aromatic N) is 1. The third-order valence-corrected chi connectivity index (χ3v) is 6.45. The lowest BCUT2D eigenvalue weighted by Crippen LogP contribution is -2.42. The summed E-state index contributed by atoms with van der Waals surface area (Å²) >= 11 is 4.08. The molecule has 0 spiro atoms. The maximum Gasteiger partial charge on any atom is 0.239 e. The predicted molar refractivity (Wildman–Crippen MR) is 74.7 cm³/mol. The number of nitrogens with one attached hydrogen (secondary N) is 1. The molecule has 2 saturated heterocycles. The number of hydrogen-bond acceptors (Lipinski definition) is 4. The summed E-state index contributed by atoms with van der Waals surface area (Å²) in [4.78, 5) is 14.3. The lowest BCUT2D eigenvalue weighted by molar-refractivity contribution is -0.129. The summed E-state index contributed by atoms with van der Waals surface area (Å²) in [6, 6.07) is 0.771. The molecule has 2 atom stereocenters. The third kappa shape index (κ3) is 3.12. The molecule has 96 valence electrons. The molecule has 0 aromatic rings. The van der Waals surface area contributed by atoms with Crippen LogP contribution in [0.3, 0.4) is 0 Å². The van der Waals surface area contributed by atoms with Gasteiger partial charge in [-0.05, 0) is 19.3 Å². The molecule has 3 nitrogen and oxygen atoms in total. The van der Waals surface area contributed by atoms with Gasteiger partial charge in [0.15, 0.2) is 0 Å². The number of rotatable bonds is 4. The van der Waals surface area contributed by atoms with E-state index >= 15 is 0 Å². The van der Waals surface area contributed by atoms with Gasteiger partial charge in [-0.25, -0.2) is 0 Å². The van der Waals surface area contributed by atoms with Crippen LogP contribution in [-0.2, 0) is 4.79 Å². The molecule has 17 heavy (non-hydrogen) atoms. The fourth-order valence-electron chi connectivity index (χ4n) is 2.50. The molecule has 3 rings (SSSR count). The molecule has 3 aliphatic rings. The van der Waals surface area contributed by atoms with E-state index in [1.807, 2.05) is 23.5 Å². The minimum atomic E-state index is 0.128. The molecule has 1 aliphatic carbocycles. The van der Waals surface area contributed by atoms with Gasteiger partial charge in [-0.2, -0.15) is 23.5 Å². The molecule has 0 radical (unpaired) electrons. The lowest BCUT2D eigenvalue weighted by Gasteiger charge is -2.26. The molecule has 1 amide bonds. The van der Waals surface area contributed by atoms with Crippen LogP contribution in [0.4, 0.5) is 0 Å². The number of hydrogen-bond donors (Lipinski definition) is 1. The average Bonchev–Trinajstić information content (AvgIpc) is 3.11. The van der Waals surface area contributed by atoms with Crippen molar-refractivity contribution in [2.24, 2.45) is 0 Å². The summed E-state index contributed by atoms with van der Waals surface area (Å²) in [5, 5.41) is 4.13. The van der Waals surface area contributed by atoms with Crippen LogP contribution in [0, 0.1) is 0 Å². The number of carbonyl (C=O) groups excluding carboxylic acids is 1. The van der Waals surface area contributed by atoms with Crippen LogP contribution < -0.4 is 5.32 Å². The van der Waals surface area contributed by atoms with Gasteiger partial charge in [0.1, 0.15) is 0 Å². The number of likely N-dealkylation sites (tertiary alicyclic amines) is 1. The first-order valence-electron chi connectivity index (χ1n) is 6.57. The molecule has 0 aromatic carbocycles. The largest absolute Gasteiger partial charge is 0.340 e. The van der Waals surface area contributed by atoms with Crippen LogP contribution in [0.2, 0.25) is 0 Å². The Morgan fingerprint density at radius 1 is 1.29 bits per heavy atom. The Kier molecular flexibility index (Phi) is 3.87. The van der Waals surface area contributed by atoms with E-state index in [1.165, 1.54) is 30.1 Å². The van der Waals surface area contributed by atoms with E-state index in [4.69, 9.17) is 0 Å².